The topological polar surface area (TPSA) is 70.4 Å². The number of nitrogens with zero attached hydrogens (tertiary/aromatic N) is 2. The van der Waals surface area contributed by atoms with E-state index in [-0.39, 0.29) is 30.7 Å². The van der Waals surface area contributed by atoms with E-state index in [2.05, 4.69) is 0 Å². The zero-order valence-electron chi connectivity index (χ0n) is 10.8. The van der Waals surface area contributed by atoms with Gasteiger partial charge < -0.3 is 4.74 Å². The van der Waals surface area contributed by atoms with Gasteiger partial charge in [-0.2, -0.15) is 5.26 Å². The van der Waals surface area contributed by atoms with Crippen molar-refractivity contribution in [2.75, 3.05) is 7.11 Å². The summed E-state index contributed by atoms with van der Waals surface area (Å²) in [5.74, 6) is -0.0888. The Morgan fingerprint density at radius 1 is 1.47 bits per heavy atom. The second-order valence-electron chi connectivity index (χ2n) is 4.57. The molecule has 2 rings (SSSR count). The van der Waals surface area contributed by atoms with E-state index in [1.54, 1.807) is 25.1 Å². The van der Waals surface area contributed by atoms with E-state index >= 15 is 0 Å². The van der Waals surface area contributed by atoms with Crippen LogP contribution in [0.15, 0.2) is 18.2 Å². The van der Waals surface area contributed by atoms with E-state index in [0.717, 1.165) is 5.56 Å². The first-order chi connectivity index (χ1) is 9.06. The van der Waals surface area contributed by atoms with Gasteiger partial charge in [-0.3, -0.25) is 14.5 Å². The maximum atomic E-state index is 11.8. The van der Waals surface area contributed by atoms with Gasteiger partial charge in [0.2, 0.25) is 11.8 Å². The lowest BCUT2D eigenvalue weighted by molar-refractivity contribution is -0.139. The van der Waals surface area contributed by atoms with Crippen LogP contribution in [0.2, 0.25) is 0 Å². The molecule has 1 saturated heterocycles. The fraction of sp³-hybridized carbons (Fsp3) is 0.357. The fourth-order valence-electron chi connectivity index (χ4n) is 2.12. The van der Waals surface area contributed by atoms with Crippen molar-refractivity contribution in [2.24, 2.45) is 5.92 Å². The maximum Gasteiger partial charge on any atom is 0.232 e. The van der Waals surface area contributed by atoms with Crippen LogP contribution in [-0.4, -0.2) is 23.8 Å². The molecule has 0 saturated carbocycles. The molecule has 5 nitrogen and oxygen atoms in total. The van der Waals surface area contributed by atoms with Crippen LogP contribution in [0, 0.1) is 17.2 Å². The lowest BCUT2D eigenvalue weighted by atomic mass is 10.1. The summed E-state index contributed by atoms with van der Waals surface area (Å²) < 4.78 is 5.11. The van der Waals surface area contributed by atoms with Crippen LogP contribution >= 0.6 is 0 Å². The summed E-state index contributed by atoms with van der Waals surface area (Å²) >= 11 is 0. The van der Waals surface area contributed by atoms with Crippen molar-refractivity contribution < 1.29 is 14.3 Å². The minimum atomic E-state index is -0.243. The molecule has 0 bridgehead atoms. The summed E-state index contributed by atoms with van der Waals surface area (Å²) in [6, 6.07) is 7.06. The predicted octanol–water partition coefficient (Wildman–Crippen LogP) is 1.46. The van der Waals surface area contributed by atoms with Crippen molar-refractivity contribution in [3.8, 4) is 11.8 Å². The number of likely N-dealkylation sites (tertiary alicyclic amines) is 1. The van der Waals surface area contributed by atoms with Crippen LogP contribution in [0.4, 0.5) is 0 Å². The third-order valence-electron chi connectivity index (χ3n) is 3.20. The number of methoxy groups -OCH3 is 1. The first-order valence-corrected chi connectivity index (χ1v) is 5.98. The van der Waals surface area contributed by atoms with Crippen molar-refractivity contribution >= 4 is 11.8 Å². The zero-order chi connectivity index (χ0) is 14.0. The van der Waals surface area contributed by atoms with E-state index < -0.39 is 0 Å². The quantitative estimate of drug-likeness (QED) is 0.769. The van der Waals surface area contributed by atoms with E-state index in [0.29, 0.717) is 11.3 Å². The summed E-state index contributed by atoms with van der Waals surface area (Å²) in [5.41, 5.74) is 1.20. The molecule has 1 aliphatic heterocycles. The number of hydrogen-bond acceptors (Lipinski definition) is 4. The Kier molecular flexibility index (Phi) is 3.52. The molecule has 0 aromatic heterocycles. The monoisotopic (exact) mass is 258 g/mol. The predicted molar refractivity (Wildman–Crippen MR) is 67.0 cm³/mol. The lowest BCUT2D eigenvalue weighted by Crippen LogP contribution is -2.29. The third kappa shape index (κ3) is 2.43. The summed E-state index contributed by atoms with van der Waals surface area (Å²) in [6.07, 6.45) is 0.270. The number of imide groups is 1. The molecule has 19 heavy (non-hydrogen) atoms. The van der Waals surface area contributed by atoms with Gasteiger partial charge in [-0.25, -0.2) is 0 Å². The highest BCUT2D eigenvalue weighted by Crippen LogP contribution is 2.24. The van der Waals surface area contributed by atoms with Crippen molar-refractivity contribution in [1.29, 1.82) is 5.26 Å². The first kappa shape index (κ1) is 13.1. The van der Waals surface area contributed by atoms with Crippen LogP contribution in [0.3, 0.4) is 0 Å². The lowest BCUT2D eigenvalue weighted by Gasteiger charge is -2.15. The van der Waals surface area contributed by atoms with Crippen LogP contribution in [-0.2, 0) is 16.1 Å². The molecule has 1 aliphatic rings. The Hall–Kier alpha value is -2.35. The summed E-state index contributed by atoms with van der Waals surface area (Å²) in [5, 5.41) is 8.89. The molecule has 0 N–H and O–H groups in total. The zero-order valence-corrected chi connectivity index (χ0v) is 10.8. The molecule has 1 fully saturated rings. The third-order valence-corrected chi connectivity index (χ3v) is 3.20. The molecular formula is C14H14N2O3. The number of amides is 2. The average Bonchev–Trinajstić information content (AvgIpc) is 2.65. The number of carbonyl (C=O) groups excluding carboxylic acids is 2. The molecule has 1 aromatic carbocycles. The van der Waals surface area contributed by atoms with Gasteiger partial charge in [0.1, 0.15) is 11.8 Å². The molecule has 0 radical (unpaired) electrons. The standard InChI is InChI=1S/C14H14N2O3/c1-9-5-13(17)16(14(9)18)8-10-3-4-11(7-15)12(6-10)19-2/h3-4,6,9H,5,8H2,1-2H3. The second-order valence-corrected chi connectivity index (χ2v) is 4.57. The molecule has 0 spiro atoms. The van der Waals surface area contributed by atoms with Crippen LogP contribution in [0.5, 0.6) is 5.75 Å². The SMILES string of the molecule is COc1cc(CN2C(=O)CC(C)C2=O)ccc1C#N. The van der Waals surface area contributed by atoms with Crippen LogP contribution in [0.25, 0.3) is 0 Å². The number of benzene rings is 1. The van der Waals surface area contributed by atoms with Crippen LogP contribution in [0.1, 0.15) is 24.5 Å². The van der Waals surface area contributed by atoms with E-state index in [9.17, 15) is 9.59 Å². The van der Waals surface area contributed by atoms with Gasteiger partial charge in [0.15, 0.2) is 0 Å². The van der Waals surface area contributed by atoms with Gasteiger partial charge in [0.25, 0.3) is 0 Å². The Bertz CT molecular complexity index is 575. The molecule has 1 atom stereocenters. The van der Waals surface area contributed by atoms with Crippen molar-refractivity contribution in [3.63, 3.8) is 0 Å². The Labute approximate surface area is 111 Å². The van der Waals surface area contributed by atoms with Crippen molar-refractivity contribution in [2.45, 2.75) is 19.9 Å². The van der Waals surface area contributed by atoms with Gasteiger partial charge in [-0.1, -0.05) is 13.0 Å². The molecule has 1 unspecified atom stereocenters. The Morgan fingerprint density at radius 2 is 2.21 bits per heavy atom. The van der Waals surface area contributed by atoms with Crippen molar-refractivity contribution in [3.05, 3.63) is 29.3 Å². The van der Waals surface area contributed by atoms with Crippen LogP contribution < -0.4 is 4.74 Å². The van der Waals surface area contributed by atoms with E-state index in [1.807, 2.05) is 6.07 Å². The minimum absolute atomic E-state index is 0.145. The molecule has 5 heteroatoms. The minimum Gasteiger partial charge on any atom is -0.495 e. The fourth-order valence-corrected chi connectivity index (χ4v) is 2.12. The molecule has 98 valence electrons. The molecule has 0 aliphatic carbocycles. The summed E-state index contributed by atoms with van der Waals surface area (Å²) in [4.78, 5) is 24.8. The highest BCUT2D eigenvalue weighted by Gasteiger charge is 2.35. The average molecular weight is 258 g/mol. The normalized spacial score (nSPS) is 18.6. The van der Waals surface area contributed by atoms with Gasteiger partial charge in [0.05, 0.1) is 19.2 Å². The highest BCUT2D eigenvalue weighted by atomic mass is 16.5. The largest absolute Gasteiger partial charge is 0.495 e. The molecule has 1 heterocycles. The summed E-state index contributed by atoms with van der Waals surface area (Å²) in [6.45, 7) is 1.98. The smallest absolute Gasteiger partial charge is 0.232 e. The maximum absolute atomic E-state index is 11.8. The van der Waals surface area contributed by atoms with Gasteiger partial charge in [0, 0.05) is 12.3 Å². The van der Waals surface area contributed by atoms with Gasteiger partial charge in [-0.05, 0) is 17.7 Å². The summed E-state index contributed by atoms with van der Waals surface area (Å²) in [7, 11) is 1.48. The Balaban J connectivity index is 2.23. The number of nitriles is 1. The van der Waals surface area contributed by atoms with E-state index in [1.165, 1.54) is 12.0 Å². The highest BCUT2D eigenvalue weighted by molar-refractivity contribution is 6.03. The molecular weight excluding hydrogens is 244 g/mol. The van der Waals surface area contributed by atoms with Crippen molar-refractivity contribution in [1.82, 2.24) is 4.90 Å². The number of carbonyl (C=O) groups is 2. The number of ether oxygens (including phenoxy) is 1. The second kappa shape index (κ2) is 5.11. The van der Waals surface area contributed by atoms with Gasteiger partial charge in [-0.15, -0.1) is 0 Å². The molecule has 2 amide bonds. The van der Waals surface area contributed by atoms with Gasteiger partial charge >= 0.3 is 0 Å². The van der Waals surface area contributed by atoms with E-state index in [4.69, 9.17) is 10.00 Å². The Morgan fingerprint density at radius 3 is 2.74 bits per heavy atom. The number of hydrogen-bond donors (Lipinski definition) is 0. The first-order valence-electron chi connectivity index (χ1n) is 5.98. The number of rotatable bonds is 3. The molecule has 1 aromatic rings.